The third kappa shape index (κ3) is 2.92. The molecule has 2 rings (SSSR count). The van der Waals surface area contributed by atoms with E-state index in [1.807, 2.05) is 7.11 Å². The molecule has 15 heavy (non-hydrogen) atoms. The van der Waals surface area contributed by atoms with Gasteiger partial charge in [-0.1, -0.05) is 0 Å². The molecule has 3 atom stereocenters. The lowest BCUT2D eigenvalue weighted by Gasteiger charge is -2.35. The van der Waals surface area contributed by atoms with Gasteiger partial charge >= 0.3 is 0 Å². The van der Waals surface area contributed by atoms with Gasteiger partial charge in [0.05, 0.1) is 6.10 Å². The average Bonchev–Trinajstić information content (AvgIpc) is 2.65. The van der Waals surface area contributed by atoms with E-state index >= 15 is 0 Å². The fraction of sp³-hybridized carbons (Fsp3) is 1.00. The minimum atomic E-state index is 0.320. The van der Waals surface area contributed by atoms with Crippen LogP contribution in [-0.4, -0.2) is 37.9 Å². The second kappa shape index (κ2) is 4.81. The van der Waals surface area contributed by atoms with Gasteiger partial charge in [-0.2, -0.15) is 0 Å². The van der Waals surface area contributed by atoms with Gasteiger partial charge in [-0.05, 0) is 45.6 Å². The Morgan fingerprint density at radius 1 is 1.40 bits per heavy atom. The van der Waals surface area contributed by atoms with Gasteiger partial charge < -0.3 is 15.4 Å². The van der Waals surface area contributed by atoms with Crippen LogP contribution in [-0.2, 0) is 4.74 Å². The van der Waals surface area contributed by atoms with Crippen LogP contribution >= 0.6 is 0 Å². The third-order valence-electron chi connectivity index (χ3n) is 3.88. The Hall–Kier alpha value is -0.120. The summed E-state index contributed by atoms with van der Waals surface area (Å²) in [5, 5.41) is 7.25. The van der Waals surface area contributed by atoms with Crippen molar-refractivity contribution in [3.63, 3.8) is 0 Å². The molecule has 3 unspecified atom stereocenters. The maximum Gasteiger partial charge on any atom is 0.0586 e. The summed E-state index contributed by atoms with van der Waals surface area (Å²) < 4.78 is 5.46. The molecule has 2 fully saturated rings. The Balaban J connectivity index is 1.83. The summed E-state index contributed by atoms with van der Waals surface area (Å²) in [7, 11) is 1.84. The molecule has 0 spiro atoms. The van der Waals surface area contributed by atoms with Crippen molar-refractivity contribution in [3.05, 3.63) is 0 Å². The van der Waals surface area contributed by atoms with Crippen molar-refractivity contribution >= 4 is 0 Å². The van der Waals surface area contributed by atoms with E-state index in [2.05, 4.69) is 17.6 Å². The van der Waals surface area contributed by atoms with Gasteiger partial charge in [0.2, 0.25) is 0 Å². The Morgan fingerprint density at radius 3 is 2.93 bits per heavy atom. The lowest BCUT2D eigenvalue weighted by atomic mass is 9.90. The fourth-order valence-electron chi connectivity index (χ4n) is 2.92. The zero-order valence-electron chi connectivity index (χ0n) is 10.0. The molecule has 0 aromatic rings. The van der Waals surface area contributed by atoms with Crippen LogP contribution in [0.5, 0.6) is 0 Å². The number of nitrogens with one attached hydrogen (secondary N) is 2. The van der Waals surface area contributed by atoms with Crippen molar-refractivity contribution in [2.45, 2.75) is 56.7 Å². The lowest BCUT2D eigenvalue weighted by Crippen LogP contribution is -2.51. The smallest absolute Gasteiger partial charge is 0.0586 e. The molecule has 1 aliphatic carbocycles. The summed E-state index contributed by atoms with van der Waals surface area (Å²) in [4.78, 5) is 0. The Kier molecular flexibility index (Phi) is 3.65. The van der Waals surface area contributed by atoms with Crippen LogP contribution in [0.2, 0.25) is 0 Å². The maximum absolute atomic E-state index is 5.46. The second-order valence-corrected chi connectivity index (χ2v) is 5.35. The monoisotopic (exact) mass is 212 g/mol. The molecule has 0 amide bonds. The standard InChI is InChI=1S/C12H24N2O/c1-12(6-7-13-9-12)14-10-4-3-5-11(8-10)15-2/h10-11,13-14H,3-9H2,1-2H3. The van der Waals surface area contributed by atoms with Gasteiger partial charge in [-0.15, -0.1) is 0 Å². The maximum atomic E-state index is 5.46. The molecule has 0 radical (unpaired) electrons. The van der Waals surface area contributed by atoms with Crippen LogP contribution in [0, 0.1) is 0 Å². The number of hydrogen-bond donors (Lipinski definition) is 2. The normalized spacial score (nSPS) is 42.0. The van der Waals surface area contributed by atoms with Crippen LogP contribution < -0.4 is 10.6 Å². The third-order valence-corrected chi connectivity index (χ3v) is 3.88. The molecule has 1 saturated heterocycles. The Bertz CT molecular complexity index is 202. The molecule has 3 heteroatoms. The van der Waals surface area contributed by atoms with E-state index in [0.717, 1.165) is 13.1 Å². The molecule has 1 aliphatic heterocycles. The number of hydrogen-bond acceptors (Lipinski definition) is 3. The summed E-state index contributed by atoms with van der Waals surface area (Å²) in [6.45, 7) is 4.61. The molecular weight excluding hydrogens is 188 g/mol. The van der Waals surface area contributed by atoms with E-state index < -0.39 is 0 Å². The molecule has 0 bridgehead atoms. The summed E-state index contributed by atoms with van der Waals surface area (Å²) in [5.74, 6) is 0. The van der Waals surface area contributed by atoms with E-state index in [4.69, 9.17) is 4.74 Å². The van der Waals surface area contributed by atoms with Crippen LogP contribution in [0.3, 0.4) is 0 Å². The molecule has 1 saturated carbocycles. The van der Waals surface area contributed by atoms with Gasteiger partial charge in [-0.25, -0.2) is 0 Å². The van der Waals surface area contributed by atoms with E-state index in [1.165, 1.54) is 32.1 Å². The summed E-state index contributed by atoms with van der Waals surface area (Å²) >= 11 is 0. The van der Waals surface area contributed by atoms with Crippen LogP contribution in [0.15, 0.2) is 0 Å². The van der Waals surface area contributed by atoms with Gasteiger partial charge in [0, 0.05) is 25.2 Å². The van der Waals surface area contributed by atoms with Crippen LogP contribution in [0.1, 0.15) is 39.0 Å². The van der Waals surface area contributed by atoms with Gasteiger partial charge in [-0.3, -0.25) is 0 Å². The van der Waals surface area contributed by atoms with Crippen LogP contribution in [0.25, 0.3) is 0 Å². The van der Waals surface area contributed by atoms with Crippen molar-refractivity contribution in [1.82, 2.24) is 10.6 Å². The first kappa shape index (κ1) is 11.4. The molecule has 1 heterocycles. The SMILES string of the molecule is COC1CCCC(NC2(C)CCNC2)C1. The van der Waals surface area contributed by atoms with E-state index in [1.54, 1.807) is 0 Å². The largest absolute Gasteiger partial charge is 0.381 e. The van der Waals surface area contributed by atoms with Crippen molar-refractivity contribution in [2.24, 2.45) is 0 Å². The number of rotatable bonds is 3. The predicted octanol–water partition coefficient (Wildman–Crippen LogP) is 1.29. The zero-order valence-corrected chi connectivity index (χ0v) is 10.0. The minimum absolute atomic E-state index is 0.320. The van der Waals surface area contributed by atoms with Crippen molar-refractivity contribution in [1.29, 1.82) is 0 Å². The van der Waals surface area contributed by atoms with Crippen molar-refractivity contribution < 1.29 is 4.74 Å². The molecular formula is C12H24N2O. The zero-order chi connectivity index (χ0) is 10.7. The first-order chi connectivity index (χ1) is 7.22. The van der Waals surface area contributed by atoms with Gasteiger partial charge in [0.1, 0.15) is 0 Å². The summed E-state index contributed by atoms with van der Waals surface area (Å²) in [6.07, 6.45) is 6.78. The van der Waals surface area contributed by atoms with Gasteiger partial charge in [0.25, 0.3) is 0 Å². The minimum Gasteiger partial charge on any atom is -0.381 e. The average molecular weight is 212 g/mol. The van der Waals surface area contributed by atoms with Gasteiger partial charge in [0.15, 0.2) is 0 Å². The lowest BCUT2D eigenvalue weighted by molar-refractivity contribution is 0.0539. The Labute approximate surface area is 93.0 Å². The molecule has 0 aromatic heterocycles. The van der Waals surface area contributed by atoms with E-state index in [-0.39, 0.29) is 0 Å². The first-order valence-electron chi connectivity index (χ1n) is 6.23. The second-order valence-electron chi connectivity index (χ2n) is 5.35. The summed E-state index contributed by atoms with van der Waals surface area (Å²) in [6, 6.07) is 0.661. The first-order valence-corrected chi connectivity index (χ1v) is 6.23. The highest BCUT2D eigenvalue weighted by molar-refractivity contribution is 4.95. The molecule has 88 valence electrons. The molecule has 3 nitrogen and oxygen atoms in total. The van der Waals surface area contributed by atoms with Crippen molar-refractivity contribution in [3.8, 4) is 0 Å². The highest BCUT2D eigenvalue weighted by atomic mass is 16.5. The molecule has 2 N–H and O–H groups in total. The highest BCUT2D eigenvalue weighted by Gasteiger charge is 2.32. The Morgan fingerprint density at radius 2 is 2.27 bits per heavy atom. The predicted molar refractivity (Wildman–Crippen MR) is 62.1 cm³/mol. The quantitative estimate of drug-likeness (QED) is 0.739. The molecule has 0 aromatic carbocycles. The number of ether oxygens (including phenoxy) is 1. The number of methoxy groups -OCH3 is 1. The highest BCUT2D eigenvalue weighted by Crippen LogP contribution is 2.24. The molecule has 2 aliphatic rings. The topological polar surface area (TPSA) is 33.3 Å². The van der Waals surface area contributed by atoms with E-state index in [9.17, 15) is 0 Å². The fourth-order valence-corrected chi connectivity index (χ4v) is 2.92. The summed E-state index contributed by atoms with van der Waals surface area (Å²) in [5.41, 5.74) is 0.320. The van der Waals surface area contributed by atoms with E-state index in [0.29, 0.717) is 17.7 Å². The van der Waals surface area contributed by atoms with Crippen LogP contribution in [0.4, 0.5) is 0 Å². The van der Waals surface area contributed by atoms with Crippen molar-refractivity contribution in [2.75, 3.05) is 20.2 Å².